The monoisotopic (exact) mass is 586 g/mol. The maximum absolute atomic E-state index is 12.5. The molecule has 0 aromatic carbocycles. The number of aliphatic carboxylic acids is 1. The number of rotatable bonds is 8. The molecule has 0 saturated heterocycles. The summed E-state index contributed by atoms with van der Waals surface area (Å²) < 4.78 is 18.5. The number of carboxylic acid groups (broad SMARTS) is 1. The molecule has 4 aliphatic rings. The standard InChI is InChI=1S/C35H54O7/c1-20(12-11-13-21(2)31(38)39)25-18-29(42-23(4)37)35(9)30-24(14-17-34(25,35)8)33(7)16-15-28(41-22(3)36)32(5,6)27(33)19-26(30)40-10/h13,20,25-29H,11-12,14-19H2,1-10H3,(H,38,39). The molecule has 0 spiro atoms. The first-order valence-electron chi connectivity index (χ1n) is 16.0. The topological polar surface area (TPSA) is 99.1 Å². The van der Waals surface area contributed by atoms with Crippen LogP contribution < -0.4 is 0 Å². The lowest BCUT2D eigenvalue weighted by atomic mass is 9.42. The van der Waals surface area contributed by atoms with Crippen molar-refractivity contribution >= 4 is 17.9 Å². The summed E-state index contributed by atoms with van der Waals surface area (Å²) in [5.41, 5.74) is 2.45. The number of fused-ring (bicyclic) bond motifs is 4. The van der Waals surface area contributed by atoms with Gasteiger partial charge in [-0.3, -0.25) is 9.59 Å². The first kappa shape index (κ1) is 32.8. The quantitative estimate of drug-likeness (QED) is 0.181. The first-order chi connectivity index (χ1) is 19.4. The molecule has 0 amide bonds. The Kier molecular flexibility index (Phi) is 8.90. The summed E-state index contributed by atoms with van der Waals surface area (Å²) >= 11 is 0. The van der Waals surface area contributed by atoms with E-state index < -0.39 is 5.97 Å². The first-order valence-corrected chi connectivity index (χ1v) is 16.0. The summed E-state index contributed by atoms with van der Waals surface area (Å²) in [4.78, 5) is 35.9. The molecule has 0 aliphatic heterocycles. The second-order valence-corrected chi connectivity index (χ2v) is 15.1. The summed E-state index contributed by atoms with van der Waals surface area (Å²) in [7, 11) is 1.81. The lowest BCUT2D eigenvalue weighted by Crippen LogP contribution is -2.60. The lowest BCUT2D eigenvalue weighted by Gasteiger charge is -2.63. The smallest absolute Gasteiger partial charge is 0.330 e. The SMILES string of the molecule is COC1CC2C(C)(CCC(OC(C)=O)C2(C)C)C2=C1C1(C)C(OC(C)=O)CC(C(C)CCC=C(C)C(=O)O)C1(C)CC2. The maximum atomic E-state index is 12.5. The van der Waals surface area contributed by atoms with Crippen LogP contribution >= 0.6 is 0 Å². The van der Waals surface area contributed by atoms with Crippen molar-refractivity contribution in [1.82, 2.24) is 0 Å². The zero-order chi connectivity index (χ0) is 31.4. The van der Waals surface area contributed by atoms with E-state index in [1.54, 1.807) is 14.0 Å². The predicted molar refractivity (Wildman–Crippen MR) is 162 cm³/mol. The van der Waals surface area contributed by atoms with E-state index in [-0.39, 0.29) is 57.8 Å². The van der Waals surface area contributed by atoms with Crippen LogP contribution in [0.4, 0.5) is 0 Å². The largest absolute Gasteiger partial charge is 0.478 e. The summed E-state index contributed by atoms with van der Waals surface area (Å²) in [5.74, 6) is -0.404. The van der Waals surface area contributed by atoms with E-state index in [9.17, 15) is 19.5 Å². The van der Waals surface area contributed by atoms with Crippen molar-refractivity contribution in [1.29, 1.82) is 0 Å². The molecule has 0 aromatic heterocycles. The molecule has 0 heterocycles. The predicted octanol–water partition coefficient (Wildman–Crippen LogP) is 7.28. The number of hydrogen-bond acceptors (Lipinski definition) is 6. The second kappa shape index (κ2) is 11.4. The molecule has 1 N–H and O–H groups in total. The van der Waals surface area contributed by atoms with Gasteiger partial charge in [0.25, 0.3) is 0 Å². The normalized spacial score (nSPS) is 40.0. The fourth-order valence-corrected chi connectivity index (χ4v) is 10.3. The van der Waals surface area contributed by atoms with Crippen LogP contribution in [-0.2, 0) is 28.6 Å². The van der Waals surface area contributed by atoms with Gasteiger partial charge < -0.3 is 19.3 Å². The Bertz CT molecular complexity index is 1170. The van der Waals surface area contributed by atoms with E-state index in [1.165, 1.54) is 25.0 Å². The van der Waals surface area contributed by atoms with Gasteiger partial charge in [0.05, 0.1) is 6.10 Å². The van der Waals surface area contributed by atoms with E-state index in [2.05, 4.69) is 41.5 Å². The highest BCUT2D eigenvalue weighted by Crippen LogP contribution is 2.73. The van der Waals surface area contributed by atoms with E-state index in [0.717, 1.165) is 44.9 Å². The lowest BCUT2D eigenvalue weighted by molar-refractivity contribution is -0.172. The van der Waals surface area contributed by atoms with E-state index >= 15 is 0 Å². The van der Waals surface area contributed by atoms with Crippen LogP contribution in [0.2, 0.25) is 0 Å². The maximum Gasteiger partial charge on any atom is 0.330 e. The fraction of sp³-hybridized carbons (Fsp3) is 0.800. The van der Waals surface area contributed by atoms with Crippen LogP contribution in [0.3, 0.4) is 0 Å². The number of carbonyl (C=O) groups excluding carboxylic acids is 2. The summed E-state index contributed by atoms with van der Waals surface area (Å²) in [6.07, 6.45) is 8.36. The molecule has 0 bridgehead atoms. The summed E-state index contributed by atoms with van der Waals surface area (Å²) in [6, 6.07) is 0. The van der Waals surface area contributed by atoms with Crippen LogP contribution in [0.25, 0.3) is 0 Å². The van der Waals surface area contributed by atoms with Gasteiger partial charge in [0.15, 0.2) is 0 Å². The minimum absolute atomic E-state index is 0.0571. The zero-order valence-electron chi connectivity index (χ0n) is 27.6. The number of carboxylic acids is 1. The van der Waals surface area contributed by atoms with Crippen molar-refractivity contribution in [2.75, 3.05) is 7.11 Å². The number of esters is 2. The van der Waals surface area contributed by atoms with Crippen LogP contribution in [0, 0.1) is 39.4 Å². The number of ether oxygens (including phenoxy) is 3. The van der Waals surface area contributed by atoms with Crippen molar-refractivity contribution in [3.63, 3.8) is 0 Å². The molecule has 2 saturated carbocycles. The van der Waals surface area contributed by atoms with Crippen molar-refractivity contribution < 1.29 is 33.7 Å². The molecular formula is C35H54O7. The molecule has 4 rings (SSSR count). The number of methoxy groups -OCH3 is 1. The molecular weight excluding hydrogens is 532 g/mol. The minimum Gasteiger partial charge on any atom is -0.478 e. The third-order valence-corrected chi connectivity index (χ3v) is 12.8. The third-order valence-electron chi connectivity index (χ3n) is 12.8. The van der Waals surface area contributed by atoms with E-state index in [0.29, 0.717) is 23.8 Å². The van der Waals surface area contributed by atoms with Gasteiger partial charge in [-0.2, -0.15) is 0 Å². The number of carbonyl (C=O) groups is 3. The zero-order valence-corrected chi connectivity index (χ0v) is 27.6. The summed E-state index contributed by atoms with van der Waals surface area (Å²) in [5, 5.41) is 9.30. The van der Waals surface area contributed by atoms with Crippen molar-refractivity contribution in [3.05, 3.63) is 22.8 Å². The van der Waals surface area contributed by atoms with Gasteiger partial charge in [-0.25, -0.2) is 4.79 Å². The highest BCUT2D eigenvalue weighted by atomic mass is 16.5. The van der Waals surface area contributed by atoms with Crippen LogP contribution in [0.15, 0.2) is 22.8 Å². The Morgan fingerprint density at radius 1 is 0.976 bits per heavy atom. The van der Waals surface area contributed by atoms with Gasteiger partial charge in [-0.15, -0.1) is 0 Å². The Balaban J connectivity index is 1.79. The van der Waals surface area contributed by atoms with Gasteiger partial charge in [0, 0.05) is 37.4 Å². The molecule has 9 unspecified atom stereocenters. The van der Waals surface area contributed by atoms with Gasteiger partial charge in [0.1, 0.15) is 12.2 Å². The molecule has 0 aromatic rings. The molecule has 236 valence electrons. The molecule has 9 atom stereocenters. The van der Waals surface area contributed by atoms with Gasteiger partial charge >= 0.3 is 17.9 Å². The van der Waals surface area contributed by atoms with Crippen molar-refractivity contribution in [2.45, 2.75) is 132 Å². The Morgan fingerprint density at radius 2 is 1.60 bits per heavy atom. The highest BCUT2D eigenvalue weighted by Gasteiger charge is 2.69. The van der Waals surface area contributed by atoms with Gasteiger partial charge in [-0.1, -0.05) is 53.2 Å². The molecule has 0 radical (unpaired) electrons. The van der Waals surface area contributed by atoms with Crippen LogP contribution in [0.1, 0.15) is 114 Å². The number of hydrogen-bond donors (Lipinski definition) is 1. The fourth-order valence-electron chi connectivity index (χ4n) is 10.3. The molecule has 2 fully saturated rings. The Hall–Kier alpha value is -2.15. The van der Waals surface area contributed by atoms with Crippen LogP contribution in [0.5, 0.6) is 0 Å². The summed E-state index contributed by atoms with van der Waals surface area (Å²) in [6.45, 7) is 18.6. The van der Waals surface area contributed by atoms with Gasteiger partial charge in [0.2, 0.25) is 0 Å². The van der Waals surface area contributed by atoms with E-state index in [1.807, 2.05) is 6.08 Å². The molecule has 7 nitrogen and oxygen atoms in total. The van der Waals surface area contributed by atoms with Crippen molar-refractivity contribution in [2.24, 2.45) is 39.4 Å². The Morgan fingerprint density at radius 3 is 2.17 bits per heavy atom. The number of allylic oxidation sites excluding steroid dienone is 2. The molecule has 4 aliphatic carbocycles. The Labute approximate surface area is 252 Å². The van der Waals surface area contributed by atoms with Crippen LogP contribution in [-0.4, -0.2) is 48.4 Å². The minimum atomic E-state index is -0.871. The molecule has 42 heavy (non-hydrogen) atoms. The second-order valence-electron chi connectivity index (χ2n) is 15.1. The average Bonchev–Trinajstić information content (AvgIpc) is 3.12. The molecule has 7 heteroatoms. The average molecular weight is 587 g/mol. The van der Waals surface area contributed by atoms with Crippen molar-refractivity contribution in [3.8, 4) is 0 Å². The van der Waals surface area contributed by atoms with E-state index in [4.69, 9.17) is 14.2 Å². The van der Waals surface area contributed by atoms with Gasteiger partial charge in [-0.05, 0) is 92.4 Å². The highest BCUT2D eigenvalue weighted by molar-refractivity contribution is 5.85. The third kappa shape index (κ3) is 5.05.